The lowest BCUT2D eigenvalue weighted by Crippen LogP contribution is -2.38. The summed E-state index contributed by atoms with van der Waals surface area (Å²) in [5, 5.41) is 0. The first-order chi connectivity index (χ1) is 10.1. The van der Waals surface area contributed by atoms with E-state index in [0.717, 1.165) is 26.1 Å². The molecule has 1 aliphatic heterocycles. The summed E-state index contributed by atoms with van der Waals surface area (Å²) in [4.78, 5) is 16.8. The molecule has 3 nitrogen and oxygen atoms in total. The molecule has 1 heterocycles. The average Bonchev–Trinajstić information content (AvgIpc) is 2.86. The van der Waals surface area contributed by atoms with Crippen LogP contribution in [0.15, 0.2) is 24.3 Å². The molecule has 1 aliphatic rings. The van der Waals surface area contributed by atoms with Gasteiger partial charge in [0.2, 0.25) is 0 Å². The number of halogens is 1. The summed E-state index contributed by atoms with van der Waals surface area (Å²) in [5.74, 6) is -0.187. The summed E-state index contributed by atoms with van der Waals surface area (Å²) in [7, 11) is 4.21. The van der Waals surface area contributed by atoms with Crippen LogP contribution in [0.3, 0.4) is 0 Å². The number of hydrogen-bond donors (Lipinski definition) is 0. The number of nitrogens with zero attached hydrogens (tertiary/aromatic N) is 2. The first kappa shape index (κ1) is 16.1. The number of hydrogen-bond acceptors (Lipinski definition) is 3. The molecule has 4 heteroatoms. The summed E-state index contributed by atoms with van der Waals surface area (Å²) < 4.78 is 12.8. The Labute approximate surface area is 126 Å². The van der Waals surface area contributed by atoms with Crippen LogP contribution >= 0.6 is 0 Å². The van der Waals surface area contributed by atoms with E-state index in [9.17, 15) is 9.18 Å². The van der Waals surface area contributed by atoms with E-state index in [1.54, 1.807) is 12.1 Å². The quantitative estimate of drug-likeness (QED) is 0.722. The average molecular weight is 292 g/mol. The number of carbonyl (C=O) groups is 1. The number of ketones is 1. The van der Waals surface area contributed by atoms with Gasteiger partial charge in [0.1, 0.15) is 5.82 Å². The van der Waals surface area contributed by atoms with Gasteiger partial charge in [0.05, 0.1) is 0 Å². The van der Waals surface area contributed by atoms with Crippen molar-refractivity contribution in [2.75, 3.05) is 33.7 Å². The Hall–Kier alpha value is -1.26. The van der Waals surface area contributed by atoms with Crippen molar-refractivity contribution in [1.82, 2.24) is 9.80 Å². The lowest BCUT2D eigenvalue weighted by Gasteiger charge is -2.26. The smallest absolute Gasteiger partial charge is 0.162 e. The number of likely N-dealkylation sites (tertiary alicyclic amines) is 1. The molecule has 1 fully saturated rings. The van der Waals surface area contributed by atoms with Gasteiger partial charge in [-0.1, -0.05) is 0 Å². The zero-order chi connectivity index (χ0) is 15.2. The van der Waals surface area contributed by atoms with Crippen LogP contribution in [0.1, 0.15) is 36.0 Å². The number of Topliss-reactive ketones (excluding diaryl/α,β-unsaturated/α-hetero) is 1. The predicted octanol–water partition coefficient (Wildman–Crippen LogP) is 2.81. The molecule has 1 unspecified atom stereocenters. The van der Waals surface area contributed by atoms with Crippen LogP contribution in [0.2, 0.25) is 0 Å². The largest absolute Gasteiger partial charge is 0.308 e. The minimum absolute atomic E-state index is 0.110. The monoisotopic (exact) mass is 292 g/mol. The van der Waals surface area contributed by atoms with Crippen LogP contribution < -0.4 is 0 Å². The van der Waals surface area contributed by atoms with Crippen LogP contribution in [-0.4, -0.2) is 55.4 Å². The molecule has 1 saturated heterocycles. The molecule has 0 bridgehead atoms. The molecule has 0 spiro atoms. The topological polar surface area (TPSA) is 23.6 Å². The van der Waals surface area contributed by atoms with Crippen molar-refractivity contribution in [2.24, 2.45) is 0 Å². The zero-order valence-electron chi connectivity index (χ0n) is 13.0. The van der Waals surface area contributed by atoms with E-state index in [2.05, 4.69) is 23.9 Å². The Morgan fingerprint density at radius 3 is 2.71 bits per heavy atom. The van der Waals surface area contributed by atoms with Crippen LogP contribution in [-0.2, 0) is 0 Å². The van der Waals surface area contributed by atoms with Crippen molar-refractivity contribution < 1.29 is 9.18 Å². The van der Waals surface area contributed by atoms with Crippen LogP contribution in [0.5, 0.6) is 0 Å². The van der Waals surface area contributed by atoms with Gasteiger partial charge in [0.25, 0.3) is 0 Å². The zero-order valence-corrected chi connectivity index (χ0v) is 13.0. The van der Waals surface area contributed by atoms with Gasteiger partial charge in [-0.05, 0) is 70.7 Å². The molecular weight excluding hydrogens is 267 g/mol. The molecule has 1 aromatic carbocycles. The van der Waals surface area contributed by atoms with Gasteiger partial charge < -0.3 is 4.90 Å². The highest BCUT2D eigenvalue weighted by Gasteiger charge is 2.24. The maximum absolute atomic E-state index is 12.8. The molecule has 1 aromatic rings. The predicted molar refractivity (Wildman–Crippen MR) is 83.1 cm³/mol. The Kier molecular flexibility index (Phi) is 5.88. The third-order valence-electron chi connectivity index (χ3n) is 4.09. The molecule has 0 saturated carbocycles. The van der Waals surface area contributed by atoms with E-state index in [-0.39, 0.29) is 11.6 Å². The highest BCUT2D eigenvalue weighted by atomic mass is 19.1. The minimum atomic E-state index is -0.296. The maximum Gasteiger partial charge on any atom is 0.162 e. The van der Waals surface area contributed by atoms with Crippen LogP contribution in [0.4, 0.5) is 4.39 Å². The molecule has 1 atom stereocenters. The molecule has 0 N–H and O–H groups in total. The van der Waals surface area contributed by atoms with Gasteiger partial charge in [-0.2, -0.15) is 0 Å². The molecule has 0 radical (unpaired) electrons. The maximum atomic E-state index is 12.8. The van der Waals surface area contributed by atoms with Gasteiger partial charge in [-0.15, -0.1) is 0 Å². The lowest BCUT2D eigenvalue weighted by atomic mass is 10.1. The fourth-order valence-electron chi connectivity index (χ4n) is 3.04. The summed E-state index contributed by atoms with van der Waals surface area (Å²) in [6, 6.07) is 6.47. The van der Waals surface area contributed by atoms with Crippen molar-refractivity contribution >= 4 is 5.78 Å². The summed E-state index contributed by atoms with van der Waals surface area (Å²) in [6.45, 7) is 3.21. The lowest BCUT2D eigenvalue weighted by molar-refractivity contribution is 0.0972. The third-order valence-corrected chi connectivity index (χ3v) is 4.09. The summed E-state index contributed by atoms with van der Waals surface area (Å²) >= 11 is 0. The molecule has 2 rings (SSSR count). The summed E-state index contributed by atoms with van der Waals surface area (Å²) in [6.07, 6.45) is 3.92. The second-order valence-electron chi connectivity index (χ2n) is 6.13. The molecule has 0 amide bonds. The van der Waals surface area contributed by atoms with Crippen molar-refractivity contribution in [3.63, 3.8) is 0 Å². The van der Waals surface area contributed by atoms with Crippen molar-refractivity contribution in [1.29, 1.82) is 0 Å². The highest BCUT2D eigenvalue weighted by molar-refractivity contribution is 5.95. The van der Waals surface area contributed by atoms with Crippen molar-refractivity contribution in [3.8, 4) is 0 Å². The Morgan fingerprint density at radius 1 is 1.33 bits per heavy atom. The standard InChI is InChI=1S/C17H25FN2O/c1-19(2)13-16-5-3-11-20(16)12-4-6-17(21)14-7-9-15(18)10-8-14/h7-10,16H,3-6,11-13H2,1-2H3. The van der Waals surface area contributed by atoms with E-state index in [0.29, 0.717) is 18.0 Å². The Bertz CT molecular complexity index is 458. The number of benzene rings is 1. The van der Waals surface area contributed by atoms with E-state index >= 15 is 0 Å². The van der Waals surface area contributed by atoms with Crippen molar-refractivity contribution in [3.05, 3.63) is 35.6 Å². The molecule has 21 heavy (non-hydrogen) atoms. The molecular formula is C17H25FN2O. The van der Waals surface area contributed by atoms with Crippen LogP contribution in [0.25, 0.3) is 0 Å². The van der Waals surface area contributed by atoms with Crippen LogP contribution in [0, 0.1) is 5.82 Å². The Morgan fingerprint density at radius 2 is 2.05 bits per heavy atom. The molecule has 116 valence electrons. The highest BCUT2D eigenvalue weighted by Crippen LogP contribution is 2.18. The molecule has 0 aromatic heterocycles. The first-order valence-electron chi connectivity index (χ1n) is 7.74. The van der Waals surface area contributed by atoms with Gasteiger partial charge >= 0.3 is 0 Å². The fourth-order valence-corrected chi connectivity index (χ4v) is 3.04. The number of likely N-dealkylation sites (N-methyl/N-ethyl adjacent to an activating group) is 1. The summed E-state index contributed by atoms with van der Waals surface area (Å²) in [5.41, 5.74) is 0.614. The van der Waals surface area contributed by atoms with Gasteiger partial charge in [0, 0.05) is 24.6 Å². The Balaban J connectivity index is 1.76. The van der Waals surface area contributed by atoms with Crippen molar-refractivity contribution in [2.45, 2.75) is 31.7 Å². The number of rotatable bonds is 7. The van der Waals surface area contributed by atoms with Gasteiger partial charge in [-0.25, -0.2) is 4.39 Å². The second-order valence-corrected chi connectivity index (χ2v) is 6.13. The SMILES string of the molecule is CN(C)CC1CCCN1CCCC(=O)c1ccc(F)cc1. The van der Waals surface area contributed by atoms with Gasteiger partial charge in [0.15, 0.2) is 5.78 Å². The van der Waals surface area contributed by atoms with E-state index in [1.807, 2.05) is 0 Å². The second kappa shape index (κ2) is 7.66. The minimum Gasteiger partial charge on any atom is -0.308 e. The number of carbonyl (C=O) groups excluding carboxylic acids is 1. The fraction of sp³-hybridized carbons (Fsp3) is 0.588. The van der Waals surface area contributed by atoms with Gasteiger partial charge in [-0.3, -0.25) is 9.69 Å². The van der Waals surface area contributed by atoms with E-state index in [1.165, 1.54) is 25.0 Å². The van der Waals surface area contributed by atoms with E-state index < -0.39 is 0 Å². The molecule has 0 aliphatic carbocycles. The normalized spacial score (nSPS) is 19.3. The van der Waals surface area contributed by atoms with E-state index in [4.69, 9.17) is 0 Å². The third kappa shape index (κ3) is 4.90. The first-order valence-corrected chi connectivity index (χ1v) is 7.74.